The summed E-state index contributed by atoms with van der Waals surface area (Å²) in [5, 5.41) is 4.53. The first-order valence-electron chi connectivity index (χ1n) is 8.73. The molecule has 1 aliphatic rings. The molecule has 0 atom stereocenters. The predicted molar refractivity (Wildman–Crippen MR) is 104 cm³/mol. The Labute approximate surface area is 177 Å². The van der Waals surface area contributed by atoms with Crippen LogP contribution in [0.1, 0.15) is 30.1 Å². The van der Waals surface area contributed by atoms with Gasteiger partial charge in [-0.15, -0.1) is 13.2 Å². The molecule has 29 heavy (non-hydrogen) atoms. The molecule has 0 aliphatic heterocycles. The van der Waals surface area contributed by atoms with Crippen molar-refractivity contribution < 1.29 is 27.2 Å². The number of hydrogen-bond acceptors (Lipinski definition) is 4. The van der Waals surface area contributed by atoms with Crippen LogP contribution in [-0.2, 0) is 6.61 Å². The Morgan fingerprint density at radius 2 is 1.93 bits per heavy atom. The summed E-state index contributed by atoms with van der Waals surface area (Å²) in [4.78, 5) is 0. The van der Waals surface area contributed by atoms with E-state index in [2.05, 4.69) is 25.8 Å². The van der Waals surface area contributed by atoms with Crippen LogP contribution in [0.15, 0.2) is 51.5 Å². The molecule has 1 heterocycles. The van der Waals surface area contributed by atoms with E-state index in [0.717, 1.165) is 17.3 Å². The lowest BCUT2D eigenvalue weighted by Gasteiger charge is -2.13. The largest absolute Gasteiger partial charge is 0.573 e. The van der Waals surface area contributed by atoms with Gasteiger partial charge in [0.25, 0.3) is 0 Å². The maximum Gasteiger partial charge on any atom is 0.573 e. The molecule has 0 bridgehead atoms. The van der Waals surface area contributed by atoms with Gasteiger partial charge in [-0.1, -0.05) is 28.9 Å². The lowest BCUT2D eigenvalue weighted by molar-refractivity contribution is -0.274. The molecule has 1 aromatic heterocycles. The zero-order valence-corrected chi connectivity index (χ0v) is 17.1. The lowest BCUT2D eigenvalue weighted by atomic mass is 10.0. The summed E-state index contributed by atoms with van der Waals surface area (Å²) in [7, 11) is 0. The highest BCUT2D eigenvalue weighted by molar-refractivity contribution is 9.10. The first-order valence-corrected chi connectivity index (χ1v) is 9.90. The van der Waals surface area contributed by atoms with Crippen molar-refractivity contribution in [2.75, 3.05) is 0 Å². The minimum atomic E-state index is -4.82. The number of rotatable bonds is 6. The van der Waals surface area contributed by atoms with E-state index in [1.807, 2.05) is 0 Å². The number of halogens is 5. The molecular weight excluding hydrogens is 475 g/mol. The predicted octanol–water partition coefficient (Wildman–Crippen LogP) is 7.11. The van der Waals surface area contributed by atoms with Gasteiger partial charge in [0.2, 0.25) is 0 Å². The molecule has 0 amide bonds. The fourth-order valence-corrected chi connectivity index (χ4v) is 3.35. The van der Waals surface area contributed by atoms with Gasteiger partial charge in [-0.05, 0) is 59.1 Å². The zero-order valence-electron chi connectivity index (χ0n) is 14.8. The van der Waals surface area contributed by atoms with E-state index >= 15 is 0 Å². The maximum absolute atomic E-state index is 12.8. The van der Waals surface area contributed by atoms with E-state index in [1.54, 1.807) is 24.3 Å². The van der Waals surface area contributed by atoms with Gasteiger partial charge in [0.1, 0.15) is 29.6 Å². The van der Waals surface area contributed by atoms with E-state index < -0.39 is 6.36 Å². The van der Waals surface area contributed by atoms with Gasteiger partial charge in [-0.25, -0.2) is 0 Å². The van der Waals surface area contributed by atoms with Gasteiger partial charge in [0.05, 0.1) is 10.6 Å². The summed E-state index contributed by atoms with van der Waals surface area (Å²) >= 11 is 9.41. The van der Waals surface area contributed by atoms with Crippen LogP contribution in [0.2, 0.25) is 5.02 Å². The minimum absolute atomic E-state index is 0.0724. The number of aromatic nitrogens is 1. The second-order valence-corrected chi connectivity index (χ2v) is 7.82. The Morgan fingerprint density at radius 1 is 1.17 bits per heavy atom. The average Bonchev–Trinajstić information content (AvgIpc) is 3.42. The summed E-state index contributed by atoms with van der Waals surface area (Å²) in [6.45, 7) is 0.0724. The Bertz CT molecular complexity index is 1030. The SMILES string of the molecule is FC(F)(F)Oc1ccccc1-c1noc(C2CC2)c1COc1ccc(Br)c(Cl)c1. The summed E-state index contributed by atoms with van der Waals surface area (Å²) in [5.41, 5.74) is 1.06. The zero-order chi connectivity index (χ0) is 20.6. The molecule has 1 saturated carbocycles. The molecule has 0 radical (unpaired) electrons. The molecule has 1 fully saturated rings. The molecule has 9 heteroatoms. The van der Waals surface area contributed by atoms with Crippen molar-refractivity contribution >= 4 is 27.5 Å². The number of ether oxygens (including phenoxy) is 2. The third kappa shape index (κ3) is 4.70. The van der Waals surface area contributed by atoms with Gasteiger partial charge in [-0.2, -0.15) is 0 Å². The monoisotopic (exact) mass is 487 g/mol. The second kappa shape index (κ2) is 7.91. The summed E-state index contributed by atoms with van der Waals surface area (Å²) < 4.78 is 54.7. The Balaban J connectivity index is 1.68. The second-order valence-electron chi connectivity index (χ2n) is 6.56. The van der Waals surface area contributed by atoms with E-state index in [9.17, 15) is 13.2 Å². The molecule has 0 spiro atoms. The number of para-hydroxylation sites is 1. The third-order valence-electron chi connectivity index (χ3n) is 4.41. The topological polar surface area (TPSA) is 44.5 Å². The normalized spacial score (nSPS) is 14.1. The van der Waals surface area contributed by atoms with Crippen molar-refractivity contribution in [2.45, 2.75) is 31.7 Å². The number of alkyl halides is 3. The Hall–Kier alpha value is -2.19. The van der Waals surface area contributed by atoms with Gasteiger partial charge in [0, 0.05) is 16.0 Å². The Kier molecular flexibility index (Phi) is 5.48. The third-order valence-corrected chi connectivity index (χ3v) is 5.64. The number of hydrogen-bond donors (Lipinski definition) is 0. The first-order chi connectivity index (χ1) is 13.8. The van der Waals surface area contributed by atoms with E-state index in [0.29, 0.717) is 22.1 Å². The van der Waals surface area contributed by atoms with Crippen LogP contribution in [0, 0.1) is 0 Å². The molecule has 0 N–H and O–H groups in total. The van der Waals surface area contributed by atoms with Gasteiger partial charge in [0.15, 0.2) is 0 Å². The van der Waals surface area contributed by atoms with Gasteiger partial charge >= 0.3 is 6.36 Å². The van der Waals surface area contributed by atoms with Crippen LogP contribution in [0.5, 0.6) is 11.5 Å². The molecular formula is C20H14BrClF3NO3. The molecule has 2 aromatic carbocycles. The number of benzene rings is 2. The molecule has 0 unspecified atom stereocenters. The number of nitrogens with zero attached hydrogens (tertiary/aromatic N) is 1. The van der Waals surface area contributed by atoms with Crippen LogP contribution in [0.4, 0.5) is 13.2 Å². The van der Waals surface area contributed by atoms with Crippen LogP contribution in [-0.4, -0.2) is 11.5 Å². The molecule has 4 rings (SSSR count). The fourth-order valence-electron chi connectivity index (χ4n) is 2.94. The summed E-state index contributed by atoms with van der Waals surface area (Å²) in [5.74, 6) is 1.000. The smallest absolute Gasteiger partial charge is 0.489 e. The lowest BCUT2D eigenvalue weighted by Crippen LogP contribution is -2.17. The fraction of sp³-hybridized carbons (Fsp3) is 0.250. The molecule has 3 aromatic rings. The van der Waals surface area contributed by atoms with Crippen LogP contribution in [0.25, 0.3) is 11.3 Å². The highest BCUT2D eigenvalue weighted by Crippen LogP contribution is 2.45. The van der Waals surface area contributed by atoms with Crippen molar-refractivity contribution in [3.8, 4) is 22.8 Å². The van der Waals surface area contributed by atoms with Gasteiger partial charge < -0.3 is 14.0 Å². The van der Waals surface area contributed by atoms with E-state index in [4.69, 9.17) is 20.9 Å². The van der Waals surface area contributed by atoms with Crippen LogP contribution in [0.3, 0.4) is 0 Å². The van der Waals surface area contributed by atoms with Crippen LogP contribution < -0.4 is 9.47 Å². The molecule has 4 nitrogen and oxygen atoms in total. The Morgan fingerprint density at radius 3 is 2.62 bits per heavy atom. The summed E-state index contributed by atoms with van der Waals surface area (Å²) in [6.07, 6.45) is -2.94. The van der Waals surface area contributed by atoms with Gasteiger partial charge in [-0.3, -0.25) is 0 Å². The molecule has 152 valence electrons. The van der Waals surface area contributed by atoms with E-state index in [-0.39, 0.29) is 29.5 Å². The highest BCUT2D eigenvalue weighted by atomic mass is 79.9. The van der Waals surface area contributed by atoms with E-state index in [1.165, 1.54) is 18.2 Å². The summed E-state index contributed by atoms with van der Waals surface area (Å²) in [6, 6.07) is 11.0. The molecule has 0 saturated heterocycles. The quantitative estimate of drug-likeness (QED) is 0.371. The minimum Gasteiger partial charge on any atom is -0.489 e. The highest BCUT2D eigenvalue weighted by Gasteiger charge is 2.35. The van der Waals surface area contributed by atoms with Crippen molar-refractivity contribution in [1.82, 2.24) is 5.16 Å². The standard InChI is InChI=1S/C20H14BrClF3NO3/c21-15-8-7-12(9-16(15)22)27-10-14-18(26-29-19(14)11-5-6-11)13-3-1-2-4-17(13)28-20(23,24)25/h1-4,7-9,11H,5-6,10H2. The van der Waals surface area contributed by atoms with Crippen molar-refractivity contribution in [2.24, 2.45) is 0 Å². The maximum atomic E-state index is 12.8. The van der Waals surface area contributed by atoms with Crippen molar-refractivity contribution in [1.29, 1.82) is 0 Å². The van der Waals surface area contributed by atoms with Crippen molar-refractivity contribution in [3.05, 3.63) is 63.3 Å². The molecule has 1 aliphatic carbocycles. The van der Waals surface area contributed by atoms with Crippen LogP contribution >= 0.6 is 27.5 Å². The van der Waals surface area contributed by atoms with Crippen molar-refractivity contribution in [3.63, 3.8) is 0 Å². The first kappa shape index (κ1) is 20.1. The average molecular weight is 489 g/mol.